The van der Waals surface area contributed by atoms with Crippen LogP contribution >= 0.6 is 0 Å². The maximum atomic E-state index is 13.1. The van der Waals surface area contributed by atoms with Gasteiger partial charge < -0.3 is 20.5 Å². The van der Waals surface area contributed by atoms with Crippen molar-refractivity contribution >= 4 is 11.9 Å². The number of aromatic nitrogens is 2. The summed E-state index contributed by atoms with van der Waals surface area (Å²) in [5.41, 5.74) is 8.37. The van der Waals surface area contributed by atoms with Gasteiger partial charge in [-0.05, 0) is 12.5 Å². The molecule has 172 valence electrons. The van der Waals surface area contributed by atoms with E-state index in [2.05, 4.69) is 20.4 Å². The van der Waals surface area contributed by atoms with Crippen molar-refractivity contribution in [2.24, 2.45) is 5.73 Å². The number of benzene rings is 2. The van der Waals surface area contributed by atoms with Crippen LogP contribution in [0.3, 0.4) is 0 Å². The highest BCUT2D eigenvalue weighted by molar-refractivity contribution is 5.87. The SMILES string of the molecule is Cc1ccc(-c2noc(CN3CCN(C(=O)C(Cc4ccccc4)NC(N)=O)CC3)n2)cc1. The molecule has 33 heavy (non-hydrogen) atoms. The molecule has 4 rings (SSSR count). The highest BCUT2D eigenvalue weighted by Crippen LogP contribution is 2.17. The second-order valence-electron chi connectivity index (χ2n) is 8.23. The van der Waals surface area contributed by atoms with E-state index in [1.807, 2.05) is 61.5 Å². The number of carbonyl (C=O) groups is 2. The van der Waals surface area contributed by atoms with Crippen LogP contribution < -0.4 is 11.1 Å². The molecule has 0 spiro atoms. The summed E-state index contributed by atoms with van der Waals surface area (Å²) < 4.78 is 5.43. The van der Waals surface area contributed by atoms with Crippen LogP contribution in [-0.4, -0.2) is 64.1 Å². The summed E-state index contributed by atoms with van der Waals surface area (Å²) in [5.74, 6) is 0.986. The molecule has 1 unspecified atom stereocenters. The Morgan fingerprint density at radius 3 is 2.42 bits per heavy atom. The zero-order valence-electron chi connectivity index (χ0n) is 18.6. The lowest BCUT2D eigenvalue weighted by Gasteiger charge is -2.35. The lowest BCUT2D eigenvalue weighted by atomic mass is 10.0. The Bertz CT molecular complexity index is 1080. The van der Waals surface area contributed by atoms with Crippen LogP contribution in [0.2, 0.25) is 0 Å². The molecule has 3 N–H and O–H groups in total. The van der Waals surface area contributed by atoms with Gasteiger partial charge in [-0.15, -0.1) is 0 Å². The van der Waals surface area contributed by atoms with Gasteiger partial charge >= 0.3 is 6.03 Å². The van der Waals surface area contributed by atoms with E-state index in [4.69, 9.17) is 10.3 Å². The standard InChI is InChI=1S/C24H28N6O3/c1-17-7-9-19(10-8-17)22-27-21(33-28-22)16-29-11-13-30(14-12-29)23(31)20(26-24(25)32)15-18-5-3-2-4-6-18/h2-10,20H,11-16H2,1H3,(H3,25,26,32). The maximum Gasteiger partial charge on any atom is 0.312 e. The van der Waals surface area contributed by atoms with Crippen LogP contribution in [0.1, 0.15) is 17.0 Å². The van der Waals surface area contributed by atoms with Crippen molar-refractivity contribution in [1.29, 1.82) is 0 Å². The summed E-state index contributed by atoms with van der Waals surface area (Å²) in [4.78, 5) is 33.0. The first kappa shape index (κ1) is 22.5. The van der Waals surface area contributed by atoms with Gasteiger partial charge in [0.05, 0.1) is 6.54 Å². The molecule has 2 aromatic carbocycles. The summed E-state index contributed by atoms with van der Waals surface area (Å²) in [5, 5.41) is 6.69. The molecule has 1 atom stereocenters. The Kier molecular flexibility index (Phi) is 6.99. The summed E-state index contributed by atoms with van der Waals surface area (Å²) in [6.45, 7) is 4.98. The molecule has 2 heterocycles. The summed E-state index contributed by atoms with van der Waals surface area (Å²) in [7, 11) is 0. The van der Waals surface area contributed by atoms with Crippen molar-refractivity contribution in [2.75, 3.05) is 26.2 Å². The molecule has 3 aromatic rings. The van der Waals surface area contributed by atoms with Crippen molar-refractivity contribution in [3.8, 4) is 11.4 Å². The molecule has 0 radical (unpaired) electrons. The number of nitrogens with zero attached hydrogens (tertiary/aromatic N) is 4. The van der Waals surface area contributed by atoms with Crippen LogP contribution in [-0.2, 0) is 17.8 Å². The van der Waals surface area contributed by atoms with E-state index in [1.165, 1.54) is 5.56 Å². The van der Waals surface area contributed by atoms with Crippen molar-refractivity contribution in [3.05, 3.63) is 71.6 Å². The van der Waals surface area contributed by atoms with Gasteiger partial charge in [-0.2, -0.15) is 4.98 Å². The minimum absolute atomic E-state index is 0.128. The largest absolute Gasteiger partial charge is 0.352 e. The number of hydrogen-bond donors (Lipinski definition) is 2. The number of nitrogens with one attached hydrogen (secondary N) is 1. The molecular formula is C24H28N6O3. The molecule has 0 aliphatic carbocycles. The van der Waals surface area contributed by atoms with Crippen molar-refractivity contribution < 1.29 is 14.1 Å². The third-order valence-electron chi connectivity index (χ3n) is 5.72. The first-order valence-corrected chi connectivity index (χ1v) is 11.0. The molecule has 1 saturated heterocycles. The second-order valence-corrected chi connectivity index (χ2v) is 8.23. The summed E-state index contributed by atoms with van der Waals surface area (Å²) in [6.07, 6.45) is 0.395. The molecule has 1 fully saturated rings. The lowest BCUT2D eigenvalue weighted by molar-refractivity contribution is -0.135. The topological polar surface area (TPSA) is 118 Å². The van der Waals surface area contributed by atoms with Crippen LogP contribution in [0.15, 0.2) is 59.1 Å². The van der Waals surface area contributed by atoms with Crippen molar-refractivity contribution in [3.63, 3.8) is 0 Å². The highest BCUT2D eigenvalue weighted by Gasteiger charge is 2.29. The number of hydrogen-bond acceptors (Lipinski definition) is 6. The fraction of sp³-hybridized carbons (Fsp3) is 0.333. The summed E-state index contributed by atoms with van der Waals surface area (Å²) in [6, 6.07) is 16.2. The molecule has 1 aromatic heterocycles. The number of aryl methyl sites for hydroxylation is 1. The number of amides is 3. The van der Waals surface area contributed by atoms with Gasteiger partial charge in [-0.3, -0.25) is 9.69 Å². The van der Waals surface area contributed by atoms with E-state index in [-0.39, 0.29) is 5.91 Å². The predicted molar refractivity (Wildman–Crippen MR) is 123 cm³/mol. The van der Waals surface area contributed by atoms with Gasteiger partial charge in [0.15, 0.2) is 0 Å². The molecule has 3 amide bonds. The highest BCUT2D eigenvalue weighted by atomic mass is 16.5. The Morgan fingerprint density at radius 2 is 1.76 bits per heavy atom. The van der Waals surface area contributed by atoms with Crippen LogP contribution in [0.25, 0.3) is 11.4 Å². The molecule has 9 heteroatoms. The zero-order valence-corrected chi connectivity index (χ0v) is 18.6. The fourth-order valence-corrected chi connectivity index (χ4v) is 3.90. The molecule has 0 saturated carbocycles. The quantitative estimate of drug-likeness (QED) is 0.571. The third kappa shape index (κ3) is 5.95. The Labute approximate surface area is 192 Å². The smallest absolute Gasteiger partial charge is 0.312 e. The number of rotatable bonds is 7. The second kappa shape index (κ2) is 10.3. The van der Waals surface area contributed by atoms with E-state index in [0.29, 0.717) is 50.9 Å². The monoisotopic (exact) mass is 448 g/mol. The molecular weight excluding hydrogens is 420 g/mol. The zero-order chi connectivity index (χ0) is 23.2. The maximum absolute atomic E-state index is 13.1. The number of nitrogens with two attached hydrogens (primary N) is 1. The minimum atomic E-state index is -0.705. The minimum Gasteiger partial charge on any atom is -0.352 e. The van der Waals surface area contributed by atoms with Crippen LogP contribution in [0.4, 0.5) is 4.79 Å². The van der Waals surface area contributed by atoms with Gasteiger partial charge in [0.2, 0.25) is 17.6 Å². The van der Waals surface area contributed by atoms with Crippen molar-refractivity contribution in [2.45, 2.75) is 25.9 Å². The van der Waals surface area contributed by atoms with E-state index >= 15 is 0 Å². The average Bonchev–Trinajstić information content (AvgIpc) is 3.28. The fourth-order valence-electron chi connectivity index (χ4n) is 3.90. The van der Waals surface area contributed by atoms with Gasteiger partial charge in [0, 0.05) is 38.2 Å². The van der Waals surface area contributed by atoms with Gasteiger partial charge in [-0.1, -0.05) is 65.3 Å². The normalized spacial score (nSPS) is 15.2. The summed E-state index contributed by atoms with van der Waals surface area (Å²) >= 11 is 0. The third-order valence-corrected chi connectivity index (χ3v) is 5.72. The van der Waals surface area contributed by atoms with Crippen LogP contribution in [0, 0.1) is 6.92 Å². The van der Waals surface area contributed by atoms with Gasteiger partial charge in [0.1, 0.15) is 6.04 Å². The number of primary amides is 1. The molecule has 1 aliphatic rings. The Balaban J connectivity index is 1.32. The molecule has 1 aliphatic heterocycles. The van der Waals surface area contributed by atoms with Crippen molar-refractivity contribution in [1.82, 2.24) is 25.3 Å². The van der Waals surface area contributed by atoms with E-state index < -0.39 is 12.1 Å². The van der Waals surface area contributed by atoms with E-state index in [1.54, 1.807) is 4.90 Å². The van der Waals surface area contributed by atoms with Gasteiger partial charge in [0.25, 0.3) is 0 Å². The average molecular weight is 449 g/mol. The number of urea groups is 1. The van der Waals surface area contributed by atoms with E-state index in [9.17, 15) is 9.59 Å². The van der Waals surface area contributed by atoms with E-state index in [0.717, 1.165) is 11.1 Å². The lowest BCUT2D eigenvalue weighted by Crippen LogP contribution is -2.56. The Morgan fingerprint density at radius 1 is 1.06 bits per heavy atom. The number of carbonyl (C=O) groups excluding carboxylic acids is 2. The van der Waals surface area contributed by atoms with Gasteiger partial charge in [-0.25, -0.2) is 4.79 Å². The van der Waals surface area contributed by atoms with Crippen LogP contribution in [0.5, 0.6) is 0 Å². The molecule has 9 nitrogen and oxygen atoms in total. The predicted octanol–water partition coefficient (Wildman–Crippen LogP) is 1.97. The first-order chi connectivity index (χ1) is 16.0. The first-order valence-electron chi connectivity index (χ1n) is 11.0. The molecule has 0 bridgehead atoms. The Hall–Kier alpha value is -3.72. The number of piperazine rings is 1.